The fourth-order valence-corrected chi connectivity index (χ4v) is 4.39. The molecule has 1 aliphatic rings. The molecule has 3 heterocycles. The van der Waals surface area contributed by atoms with Gasteiger partial charge in [-0.25, -0.2) is 9.97 Å². The molecular formula is C20H22N4OS. The minimum atomic E-state index is -0.0198. The van der Waals surface area contributed by atoms with Gasteiger partial charge in [0.15, 0.2) is 5.13 Å². The van der Waals surface area contributed by atoms with E-state index in [4.69, 9.17) is 4.98 Å². The Labute approximate surface area is 157 Å². The van der Waals surface area contributed by atoms with Crippen LogP contribution in [0.25, 0.3) is 10.3 Å². The van der Waals surface area contributed by atoms with E-state index in [9.17, 15) is 4.79 Å². The first kappa shape index (κ1) is 17.0. The largest absolute Gasteiger partial charge is 0.347 e. The molecule has 1 atom stereocenters. The molecule has 1 amide bonds. The summed E-state index contributed by atoms with van der Waals surface area (Å²) in [5, 5.41) is 4.10. The normalized spacial score (nSPS) is 17.4. The molecule has 0 spiro atoms. The number of nitrogens with one attached hydrogen (secondary N) is 1. The SMILES string of the molecule is CCc1ccccc1NC(=O)[C@H]1CCCN(c2nc3cccnc3s2)C1. The molecule has 3 aromatic rings. The van der Waals surface area contributed by atoms with Crippen molar-refractivity contribution in [3.05, 3.63) is 48.2 Å². The highest BCUT2D eigenvalue weighted by Gasteiger charge is 2.27. The van der Waals surface area contributed by atoms with Crippen molar-refractivity contribution in [3.63, 3.8) is 0 Å². The van der Waals surface area contributed by atoms with E-state index in [1.54, 1.807) is 17.5 Å². The number of carbonyl (C=O) groups excluding carboxylic acids is 1. The van der Waals surface area contributed by atoms with Crippen molar-refractivity contribution >= 4 is 38.4 Å². The van der Waals surface area contributed by atoms with Gasteiger partial charge in [0.2, 0.25) is 5.91 Å². The van der Waals surface area contributed by atoms with Gasteiger partial charge in [0.25, 0.3) is 0 Å². The molecule has 4 rings (SSSR count). The fourth-order valence-electron chi connectivity index (χ4n) is 3.44. The van der Waals surface area contributed by atoms with E-state index in [2.05, 4.69) is 28.2 Å². The minimum Gasteiger partial charge on any atom is -0.347 e. The number of hydrogen-bond donors (Lipinski definition) is 1. The lowest BCUT2D eigenvalue weighted by Crippen LogP contribution is -2.40. The summed E-state index contributed by atoms with van der Waals surface area (Å²) in [6, 6.07) is 11.9. The van der Waals surface area contributed by atoms with Crippen molar-refractivity contribution in [2.45, 2.75) is 26.2 Å². The summed E-state index contributed by atoms with van der Waals surface area (Å²) in [6.45, 7) is 3.75. The molecule has 26 heavy (non-hydrogen) atoms. The average molecular weight is 366 g/mol. The number of aryl methyl sites for hydroxylation is 1. The van der Waals surface area contributed by atoms with Crippen molar-refractivity contribution in [1.82, 2.24) is 9.97 Å². The summed E-state index contributed by atoms with van der Waals surface area (Å²) in [4.78, 5) is 25.1. The van der Waals surface area contributed by atoms with Gasteiger partial charge in [-0.2, -0.15) is 0 Å². The number of fused-ring (bicyclic) bond motifs is 1. The van der Waals surface area contributed by atoms with E-state index < -0.39 is 0 Å². The Hall–Kier alpha value is -2.47. The van der Waals surface area contributed by atoms with Crippen LogP contribution in [-0.2, 0) is 11.2 Å². The van der Waals surface area contributed by atoms with E-state index in [1.807, 2.05) is 30.3 Å². The molecule has 1 fully saturated rings. The summed E-state index contributed by atoms with van der Waals surface area (Å²) in [5.41, 5.74) is 3.03. The topological polar surface area (TPSA) is 58.1 Å². The lowest BCUT2D eigenvalue weighted by molar-refractivity contribution is -0.120. The summed E-state index contributed by atoms with van der Waals surface area (Å²) in [7, 11) is 0. The van der Waals surface area contributed by atoms with Gasteiger partial charge in [0, 0.05) is 25.0 Å². The Bertz CT molecular complexity index is 890. The molecule has 0 radical (unpaired) electrons. The molecule has 1 aliphatic heterocycles. The average Bonchev–Trinajstić information content (AvgIpc) is 3.13. The van der Waals surface area contributed by atoms with Crippen molar-refractivity contribution in [1.29, 1.82) is 0 Å². The number of thiazole rings is 1. The van der Waals surface area contributed by atoms with Crippen LogP contribution in [0.4, 0.5) is 10.8 Å². The first-order chi connectivity index (χ1) is 12.7. The van der Waals surface area contributed by atoms with E-state index in [-0.39, 0.29) is 11.8 Å². The Morgan fingerprint density at radius 2 is 2.19 bits per heavy atom. The van der Waals surface area contributed by atoms with Gasteiger partial charge in [0.05, 0.1) is 5.92 Å². The first-order valence-corrected chi connectivity index (χ1v) is 9.91. The zero-order chi connectivity index (χ0) is 17.9. The van der Waals surface area contributed by atoms with Gasteiger partial charge in [-0.15, -0.1) is 0 Å². The molecule has 1 aromatic carbocycles. The third-order valence-electron chi connectivity index (χ3n) is 4.87. The van der Waals surface area contributed by atoms with Gasteiger partial charge in [-0.3, -0.25) is 4.79 Å². The van der Waals surface area contributed by atoms with E-state index in [0.717, 1.165) is 47.0 Å². The number of amides is 1. The lowest BCUT2D eigenvalue weighted by atomic mass is 9.97. The van der Waals surface area contributed by atoms with E-state index in [0.29, 0.717) is 6.54 Å². The number of carbonyl (C=O) groups is 1. The highest BCUT2D eigenvalue weighted by Crippen LogP contribution is 2.30. The molecule has 0 bridgehead atoms. The third kappa shape index (κ3) is 3.42. The molecule has 2 aromatic heterocycles. The maximum Gasteiger partial charge on any atom is 0.229 e. The van der Waals surface area contributed by atoms with Gasteiger partial charge in [-0.1, -0.05) is 36.5 Å². The summed E-state index contributed by atoms with van der Waals surface area (Å²) >= 11 is 1.60. The predicted octanol–water partition coefficient (Wildman–Crippen LogP) is 4.11. The first-order valence-electron chi connectivity index (χ1n) is 9.10. The molecule has 1 saturated heterocycles. The zero-order valence-corrected chi connectivity index (χ0v) is 15.6. The minimum absolute atomic E-state index is 0.0198. The highest BCUT2D eigenvalue weighted by atomic mass is 32.1. The second kappa shape index (κ2) is 7.41. The van der Waals surface area contributed by atoms with Crippen LogP contribution < -0.4 is 10.2 Å². The molecule has 0 aliphatic carbocycles. The predicted molar refractivity (Wildman–Crippen MR) is 107 cm³/mol. The van der Waals surface area contributed by atoms with E-state index in [1.165, 1.54) is 5.56 Å². The lowest BCUT2D eigenvalue weighted by Gasteiger charge is -2.31. The Morgan fingerprint density at radius 1 is 1.31 bits per heavy atom. The van der Waals surface area contributed by atoms with Crippen molar-refractivity contribution in [2.75, 3.05) is 23.3 Å². The maximum atomic E-state index is 12.8. The number of nitrogens with zero attached hydrogens (tertiary/aromatic N) is 3. The van der Waals surface area contributed by atoms with Crippen LogP contribution in [0.1, 0.15) is 25.3 Å². The second-order valence-electron chi connectivity index (χ2n) is 6.61. The van der Waals surface area contributed by atoms with Crippen LogP contribution in [0.15, 0.2) is 42.6 Å². The molecule has 1 N–H and O–H groups in total. The zero-order valence-electron chi connectivity index (χ0n) is 14.8. The third-order valence-corrected chi connectivity index (χ3v) is 5.91. The smallest absolute Gasteiger partial charge is 0.229 e. The van der Waals surface area contributed by atoms with Gasteiger partial charge in [0.1, 0.15) is 10.3 Å². The van der Waals surface area contributed by atoms with Crippen molar-refractivity contribution in [3.8, 4) is 0 Å². The van der Waals surface area contributed by atoms with Crippen LogP contribution in [0.3, 0.4) is 0 Å². The molecule has 6 heteroatoms. The molecule has 0 saturated carbocycles. The van der Waals surface area contributed by atoms with Crippen LogP contribution in [0.5, 0.6) is 0 Å². The number of para-hydroxylation sites is 1. The number of piperidine rings is 1. The fraction of sp³-hybridized carbons (Fsp3) is 0.350. The molecule has 5 nitrogen and oxygen atoms in total. The van der Waals surface area contributed by atoms with Gasteiger partial charge >= 0.3 is 0 Å². The monoisotopic (exact) mass is 366 g/mol. The number of aromatic nitrogens is 2. The van der Waals surface area contributed by atoms with E-state index >= 15 is 0 Å². The van der Waals surface area contributed by atoms with Gasteiger partial charge in [-0.05, 0) is 43.0 Å². The van der Waals surface area contributed by atoms with Crippen LogP contribution in [-0.4, -0.2) is 29.0 Å². The Balaban J connectivity index is 1.48. The Morgan fingerprint density at radius 3 is 3.04 bits per heavy atom. The highest BCUT2D eigenvalue weighted by molar-refractivity contribution is 7.21. The molecular weight excluding hydrogens is 344 g/mol. The number of hydrogen-bond acceptors (Lipinski definition) is 5. The summed E-state index contributed by atoms with van der Waals surface area (Å²) in [6.07, 6.45) is 4.62. The van der Waals surface area contributed by atoms with Crippen molar-refractivity contribution in [2.24, 2.45) is 5.92 Å². The van der Waals surface area contributed by atoms with Crippen LogP contribution in [0.2, 0.25) is 0 Å². The van der Waals surface area contributed by atoms with Crippen LogP contribution in [0, 0.1) is 5.92 Å². The summed E-state index contributed by atoms with van der Waals surface area (Å²) in [5.74, 6) is 0.0865. The number of pyridine rings is 1. The quantitative estimate of drug-likeness (QED) is 0.755. The number of benzene rings is 1. The second-order valence-corrected chi connectivity index (χ2v) is 7.57. The Kier molecular flexibility index (Phi) is 4.84. The molecule has 134 valence electrons. The van der Waals surface area contributed by atoms with Crippen LogP contribution >= 0.6 is 11.3 Å². The van der Waals surface area contributed by atoms with Crippen molar-refractivity contribution < 1.29 is 4.79 Å². The molecule has 0 unspecified atom stereocenters. The standard InChI is InChI=1S/C20H22N4OS/c1-2-14-7-3-4-9-16(14)22-18(25)15-8-6-12-24(13-15)20-23-17-10-5-11-21-19(17)26-20/h3-5,7,9-11,15H,2,6,8,12-13H2,1H3,(H,22,25)/t15-/m0/s1. The number of anilines is 2. The van der Waals surface area contributed by atoms with Gasteiger partial charge < -0.3 is 10.2 Å². The summed E-state index contributed by atoms with van der Waals surface area (Å²) < 4.78 is 0. The maximum absolute atomic E-state index is 12.8. The number of rotatable bonds is 4.